The Bertz CT molecular complexity index is 1090. The minimum atomic E-state index is -3.87. The first-order valence-corrected chi connectivity index (χ1v) is 11.2. The first-order chi connectivity index (χ1) is 14.5. The molecule has 0 fully saturated rings. The van der Waals surface area contributed by atoms with Crippen molar-refractivity contribution in [3.05, 3.63) is 45.9 Å². The van der Waals surface area contributed by atoms with Crippen LogP contribution < -0.4 is 19.1 Å². The van der Waals surface area contributed by atoms with Crippen LogP contribution in [0, 0.1) is 0 Å². The molecule has 2 aromatic rings. The van der Waals surface area contributed by atoms with E-state index in [1.54, 1.807) is 0 Å². The van der Waals surface area contributed by atoms with E-state index >= 15 is 0 Å². The van der Waals surface area contributed by atoms with E-state index in [0.29, 0.717) is 0 Å². The Morgan fingerprint density at radius 2 is 1.52 bits per heavy atom. The van der Waals surface area contributed by atoms with Crippen LogP contribution in [0.15, 0.2) is 30.3 Å². The lowest BCUT2D eigenvalue weighted by atomic mass is 10.1. The Labute approximate surface area is 189 Å². The van der Waals surface area contributed by atoms with Crippen molar-refractivity contribution in [1.82, 2.24) is 0 Å². The minimum Gasteiger partial charge on any atom is -0.493 e. The average molecular weight is 491 g/mol. The van der Waals surface area contributed by atoms with Crippen LogP contribution in [-0.2, 0) is 19.6 Å². The molecule has 2 aromatic carbocycles. The molecule has 0 unspecified atom stereocenters. The van der Waals surface area contributed by atoms with Crippen molar-refractivity contribution in [1.29, 1.82) is 0 Å². The summed E-state index contributed by atoms with van der Waals surface area (Å²) in [5.41, 5.74) is 0.146. The van der Waals surface area contributed by atoms with Crippen molar-refractivity contribution < 1.29 is 32.2 Å². The highest BCUT2D eigenvalue weighted by atomic mass is 35.5. The third-order valence-electron chi connectivity index (χ3n) is 4.03. The Hall–Kier alpha value is -2.69. The number of hydrogen-bond acceptors (Lipinski definition) is 7. The van der Waals surface area contributed by atoms with Gasteiger partial charge in [-0.15, -0.1) is 0 Å². The molecule has 0 spiro atoms. The summed E-state index contributed by atoms with van der Waals surface area (Å²) in [5, 5.41) is 2.90. The number of amides is 1. The Morgan fingerprint density at radius 3 is 2.00 bits per heavy atom. The first-order valence-electron chi connectivity index (χ1n) is 8.58. The van der Waals surface area contributed by atoms with Crippen LogP contribution in [0.4, 0.5) is 11.4 Å². The van der Waals surface area contributed by atoms with Crippen LogP contribution in [0.5, 0.6) is 11.5 Å². The number of nitrogens with one attached hydrogen (secondary N) is 1. The maximum atomic E-state index is 12.7. The van der Waals surface area contributed by atoms with E-state index in [9.17, 15) is 18.0 Å². The van der Waals surface area contributed by atoms with Crippen molar-refractivity contribution in [2.45, 2.75) is 0 Å². The summed E-state index contributed by atoms with van der Waals surface area (Å²) in [6.07, 6.45) is 0.936. The standard InChI is InChI=1S/C19H20Cl2N2O7S/c1-28-16-8-14(19(25)30-3)15(9-17(16)29-2)22-18(24)10-23(31(4,26)27)13-6-11(20)5-12(21)7-13/h5-9H,10H2,1-4H3,(H,22,24). The number of methoxy groups -OCH3 is 3. The zero-order valence-electron chi connectivity index (χ0n) is 17.1. The van der Waals surface area contributed by atoms with Gasteiger partial charge in [-0.1, -0.05) is 23.2 Å². The number of ether oxygens (including phenoxy) is 3. The highest BCUT2D eigenvalue weighted by Crippen LogP contribution is 2.34. The van der Waals surface area contributed by atoms with Gasteiger partial charge in [0.1, 0.15) is 6.54 Å². The topological polar surface area (TPSA) is 111 Å². The largest absolute Gasteiger partial charge is 0.493 e. The molecule has 168 valence electrons. The van der Waals surface area contributed by atoms with Gasteiger partial charge in [0.05, 0.1) is 44.5 Å². The number of halogens is 2. The van der Waals surface area contributed by atoms with Crippen molar-refractivity contribution in [2.24, 2.45) is 0 Å². The first kappa shape index (κ1) is 24.6. The molecule has 0 aliphatic heterocycles. The van der Waals surface area contributed by atoms with Crippen LogP contribution in [0.2, 0.25) is 10.0 Å². The molecule has 0 atom stereocenters. The molecular weight excluding hydrogens is 471 g/mol. The molecular formula is C19H20Cl2N2O7S. The minimum absolute atomic E-state index is 0.00907. The normalized spacial score (nSPS) is 10.9. The quantitative estimate of drug-likeness (QED) is 0.565. The van der Waals surface area contributed by atoms with Gasteiger partial charge in [0.15, 0.2) is 11.5 Å². The number of carbonyl (C=O) groups is 2. The fourth-order valence-electron chi connectivity index (χ4n) is 2.66. The van der Waals surface area contributed by atoms with E-state index in [0.717, 1.165) is 10.6 Å². The van der Waals surface area contributed by atoms with Gasteiger partial charge in [0.2, 0.25) is 15.9 Å². The van der Waals surface area contributed by atoms with Crippen molar-refractivity contribution >= 4 is 56.5 Å². The number of esters is 1. The molecule has 0 radical (unpaired) electrons. The van der Waals surface area contributed by atoms with Gasteiger partial charge in [-0.25, -0.2) is 13.2 Å². The van der Waals surface area contributed by atoms with Gasteiger partial charge in [0, 0.05) is 22.2 Å². The Kier molecular flexibility index (Phi) is 7.99. The molecule has 0 saturated carbocycles. The summed E-state index contributed by atoms with van der Waals surface area (Å²) in [5.74, 6) is -0.990. The van der Waals surface area contributed by atoms with Crippen LogP contribution in [0.25, 0.3) is 0 Å². The second-order valence-corrected chi connectivity index (χ2v) is 8.97. The molecule has 2 rings (SSSR count). The molecule has 12 heteroatoms. The molecule has 0 aromatic heterocycles. The van der Waals surface area contributed by atoms with Gasteiger partial charge >= 0.3 is 5.97 Å². The van der Waals surface area contributed by atoms with E-state index in [1.807, 2.05) is 0 Å². The summed E-state index contributed by atoms with van der Waals surface area (Å²) in [4.78, 5) is 24.9. The van der Waals surface area contributed by atoms with Gasteiger partial charge in [-0.05, 0) is 18.2 Å². The lowest BCUT2D eigenvalue weighted by Crippen LogP contribution is -2.37. The molecule has 1 N–H and O–H groups in total. The zero-order valence-corrected chi connectivity index (χ0v) is 19.4. The van der Waals surface area contributed by atoms with Crippen LogP contribution in [0.3, 0.4) is 0 Å². The summed E-state index contributed by atoms with van der Waals surface area (Å²) < 4.78 is 40.5. The number of hydrogen-bond donors (Lipinski definition) is 1. The Morgan fingerprint density at radius 1 is 0.968 bits per heavy atom. The number of anilines is 2. The summed E-state index contributed by atoms with van der Waals surface area (Å²) in [6.45, 7) is -0.607. The maximum Gasteiger partial charge on any atom is 0.340 e. The van der Waals surface area contributed by atoms with E-state index in [-0.39, 0.29) is 38.5 Å². The molecule has 0 aliphatic carbocycles. The van der Waals surface area contributed by atoms with Gasteiger partial charge in [0.25, 0.3) is 0 Å². The number of rotatable bonds is 8. The molecule has 0 aliphatic rings. The predicted octanol–water partition coefficient (Wildman–Crippen LogP) is 3.20. The second kappa shape index (κ2) is 10.1. The zero-order chi connectivity index (χ0) is 23.3. The van der Waals surface area contributed by atoms with Gasteiger partial charge < -0.3 is 19.5 Å². The highest BCUT2D eigenvalue weighted by molar-refractivity contribution is 7.92. The molecule has 31 heavy (non-hydrogen) atoms. The van der Waals surface area contributed by atoms with Crippen LogP contribution in [-0.4, -0.2) is 54.4 Å². The molecule has 9 nitrogen and oxygen atoms in total. The lowest BCUT2D eigenvalue weighted by molar-refractivity contribution is -0.114. The number of nitrogens with zero attached hydrogens (tertiary/aromatic N) is 1. The molecule has 0 heterocycles. The van der Waals surface area contributed by atoms with Gasteiger partial charge in [-0.2, -0.15) is 0 Å². The number of benzene rings is 2. The molecule has 0 saturated heterocycles. The fourth-order valence-corrected chi connectivity index (χ4v) is 4.02. The SMILES string of the molecule is COC(=O)c1cc(OC)c(OC)cc1NC(=O)CN(c1cc(Cl)cc(Cl)c1)S(C)(=O)=O. The Balaban J connectivity index is 2.41. The van der Waals surface area contributed by atoms with Crippen molar-refractivity contribution in [3.8, 4) is 11.5 Å². The maximum absolute atomic E-state index is 12.7. The molecule has 1 amide bonds. The van der Waals surface area contributed by atoms with Crippen LogP contribution in [0.1, 0.15) is 10.4 Å². The second-order valence-electron chi connectivity index (χ2n) is 6.19. The predicted molar refractivity (Wildman–Crippen MR) is 118 cm³/mol. The van der Waals surface area contributed by atoms with Gasteiger partial charge in [-0.3, -0.25) is 9.10 Å². The third-order valence-corrected chi connectivity index (χ3v) is 5.60. The lowest BCUT2D eigenvalue weighted by Gasteiger charge is -2.23. The van der Waals surface area contributed by atoms with E-state index < -0.39 is 28.4 Å². The van der Waals surface area contributed by atoms with Crippen molar-refractivity contribution in [2.75, 3.05) is 43.8 Å². The number of carbonyl (C=O) groups excluding carboxylic acids is 2. The molecule has 0 bridgehead atoms. The summed E-state index contributed by atoms with van der Waals surface area (Å²) >= 11 is 11.9. The summed E-state index contributed by atoms with van der Waals surface area (Å²) in [6, 6.07) is 6.85. The van der Waals surface area contributed by atoms with E-state index in [4.69, 9.17) is 37.4 Å². The van der Waals surface area contributed by atoms with Crippen molar-refractivity contribution in [3.63, 3.8) is 0 Å². The monoisotopic (exact) mass is 490 g/mol. The smallest absolute Gasteiger partial charge is 0.340 e. The van der Waals surface area contributed by atoms with E-state index in [2.05, 4.69) is 5.32 Å². The van der Waals surface area contributed by atoms with Crippen LogP contribution >= 0.6 is 23.2 Å². The fraction of sp³-hybridized carbons (Fsp3) is 0.263. The third kappa shape index (κ3) is 6.16. The van der Waals surface area contributed by atoms with E-state index in [1.165, 1.54) is 51.7 Å². The number of sulfonamides is 1. The highest BCUT2D eigenvalue weighted by Gasteiger charge is 2.24. The average Bonchev–Trinajstić information content (AvgIpc) is 2.69. The summed E-state index contributed by atoms with van der Waals surface area (Å²) in [7, 11) is 0.0756.